The molecular formula is C18H32IN3O2. The Morgan fingerprint density at radius 2 is 1.83 bits per heavy atom. The molecule has 0 aliphatic carbocycles. The summed E-state index contributed by atoms with van der Waals surface area (Å²) in [6.45, 7) is 8.13. The van der Waals surface area contributed by atoms with Crippen LogP contribution in [-0.2, 0) is 6.42 Å². The molecule has 1 atom stereocenters. The van der Waals surface area contributed by atoms with Gasteiger partial charge in [0.25, 0.3) is 0 Å². The largest absolute Gasteiger partial charge is 0.493 e. The number of rotatable bonds is 9. The van der Waals surface area contributed by atoms with Gasteiger partial charge in [-0.2, -0.15) is 0 Å². The second-order valence-electron chi connectivity index (χ2n) is 6.33. The van der Waals surface area contributed by atoms with Crippen molar-refractivity contribution in [1.82, 2.24) is 5.32 Å². The van der Waals surface area contributed by atoms with Gasteiger partial charge in [-0.05, 0) is 42.4 Å². The second-order valence-corrected chi connectivity index (χ2v) is 6.33. The monoisotopic (exact) mass is 449 g/mol. The second kappa shape index (κ2) is 12.2. The predicted octanol–water partition coefficient (Wildman–Crippen LogP) is 3.45. The topological polar surface area (TPSA) is 68.9 Å². The first-order valence-corrected chi connectivity index (χ1v) is 8.21. The lowest BCUT2D eigenvalue weighted by molar-refractivity contribution is 0.354. The minimum Gasteiger partial charge on any atom is -0.493 e. The van der Waals surface area contributed by atoms with Gasteiger partial charge in [-0.1, -0.05) is 26.8 Å². The standard InChI is InChI=1S/C18H31N3O2.HI/c1-13(2)8-9-20-18(19)21-12-14(3)10-15-6-7-16(22-4)17(11-15)23-5;/h6-7,11,13-14H,8-10,12H2,1-5H3,(H3,19,20,21);1H. The number of benzene rings is 1. The van der Waals surface area contributed by atoms with E-state index in [1.165, 1.54) is 5.56 Å². The van der Waals surface area contributed by atoms with Crippen LogP contribution in [0, 0.1) is 11.8 Å². The molecule has 0 aromatic heterocycles. The third-order valence-electron chi connectivity index (χ3n) is 3.63. The van der Waals surface area contributed by atoms with E-state index < -0.39 is 0 Å². The van der Waals surface area contributed by atoms with E-state index in [4.69, 9.17) is 15.2 Å². The van der Waals surface area contributed by atoms with E-state index in [0.29, 0.717) is 24.3 Å². The van der Waals surface area contributed by atoms with Crippen LogP contribution in [0.15, 0.2) is 23.2 Å². The van der Waals surface area contributed by atoms with Crippen LogP contribution >= 0.6 is 24.0 Å². The van der Waals surface area contributed by atoms with Gasteiger partial charge in [0.2, 0.25) is 0 Å². The zero-order valence-electron chi connectivity index (χ0n) is 15.5. The molecule has 0 saturated heterocycles. The third-order valence-corrected chi connectivity index (χ3v) is 3.63. The van der Waals surface area contributed by atoms with E-state index in [-0.39, 0.29) is 24.0 Å². The summed E-state index contributed by atoms with van der Waals surface area (Å²) < 4.78 is 10.6. The molecule has 0 aliphatic rings. The quantitative estimate of drug-likeness (QED) is 0.344. The van der Waals surface area contributed by atoms with Crippen molar-refractivity contribution < 1.29 is 9.47 Å². The number of nitrogens with one attached hydrogen (secondary N) is 1. The summed E-state index contributed by atoms with van der Waals surface area (Å²) in [5.41, 5.74) is 7.09. The van der Waals surface area contributed by atoms with Gasteiger partial charge in [-0.15, -0.1) is 24.0 Å². The van der Waals surface area contributed by atoms with E-state index in [1.54, 1.807) is 14.2 Å². The van der Waals surface area contributed by atoms with Crippen molar-refractivity contribution in [3.05, 3.63) is 23.8 Å². The fourth-order valence-electron chi connectivity index (χ4n) is 2.27. The van der Waals surface area contributed by atoms with E-state index in [2.05, 4.69) is 37.1 Å². The summed E-state index contributed by atoms with van der Waals surface area (Å²) in [4.78, 5) is 4.42. The van der Waals surface area contributed by atoms with Crippen LogP contribution in [0.2, 0.25) is 0 Å². The average molecular weight is 449 g/mol. The summed E-state index contributed by atoms with van der Waals surface area (Å²) in [5.74, 6) is 3.11. The van der Waals surface area contributed by atoms with Crippen LogP contribution in [0.1, 0.15) is 32.8 Å². The fourth-order valence-corrected chi connectivity index (χ4v) is 2.27. The molecule has 0 bridgehead atoms. The minimum absolute atomic E-state index is 0. The molecule has 0 fully saturated rings. The molecule has 3 N–H and O–H groups in total. The molecule has 0 spiro atoms. The van der Waals surface area contributed by atoms with Crippen LogP contribution < -0.4 is 20.5 Å². The number of hydrogen-bond donors (Lipinski definition) is 2. The van der Waals surface area contributed by atoms with Crippen LogP contribution in [0.5, 0.6) is 11.5 Å². The zero-order valence-corrected chi connectivity index (χ0v) is 17.8. The van der Waals surface area contributed by atoms with E-state index in [9.17, 15) is 0 Å². The maximum absolute atomic E-state index is 5.89. The van der Waals surface area contributed by atoms with E-state index >= 15 is 0 Å². The minimum atomic E-state index is 0. The van der Waals surface area contributed by atoms with Crippen molar-refractivity contribution in [2.45, 2.75) is 33.6 Å². The Labute approximate surface area is 163 Å². The first-order chi connectivity index (χ1) is 11.0. The van der Waals surface area contributed by atoms with Gasteiger partial charge in [0.05, 0.1) is 14.2 Å². The SMILES string of the molecule is COc1ccc(CC(C)CN=C(N)NCCC(C)C)cc1OC.I. The van der Waals surface area contributed by atoms with E-state index in [0.717, 1.165) is 30.9 Å². The summed E-state index contributed by atoms with van der Waals surface area (Å²) in [6, 6.07) is 6.01. The van der Waals surface area contributed by atoms with Crippen molar-refractivity contribution in [2.75, 3.05) is 27.3 Å². The Hall–Kier alpha value is -1.18. The molecule has 1 rings (SSSR count). The highest BCUT2D eigenvalue weighted by Crippen LogP contribution is 2.28. The maximum Gasteiger partial charge on any atom is 0.188 e. The first kappa shape index (κ1) is 22.8. The van der Waals surface area contributed by atoms with Crippen molar-refractivity contribution >= 4 is 29.9 Å². The Morgan fingerprint density at radius 3 is 2.42 bits per heavy atom. The average Bonchev–Trinajstić information content (AvgIpc) is 2.52. The number of methoxy groups -OCH3 is 2. The number of nitrogens with zero attached hydrogens (tertiary/aromatic N) is 1. The Kier molecular flexibility index (Phi) is 11.6. The lowest BCUT2D eigenvalue weighted by atomic mass is 10.0. The van der Waals surface area contributed by atoms with Crippen LogP contribution in [-0.4, -0.2) is 33.3 Å². The highest BCUT2D eigenvalue weighted by atomic mass is 127. The smallest absolute Gasteiger partial charge is 0.188 e. The van der Waals surface area contributed by atoms with Crippen LogP contribution in [0.3, 0.4) is 0 Å². The molecule has 0 amide bonds. The lowest BCUT2D eigenvalue weighted by Crippen LogP contribution is -2.33. The molecule has 6 heteroatoms. The Bertz CT molecular complexity index is 507. The molecule has 0 aliphatic heterocycles. The Morgan fingerprint density at radius 1 is 1.17 bits per heavy atom. The molecule has 0 radical (unpaired) electrons. The molecule has 24 heavy (non-hydrogen) atoms. The highest BCUT2D eigenvalue weighted by molar-refractivity contribution is 14.0. The summed E-state index contributed by atoms with van der Waals surface area (Å²) in [6.07, 6.45) is 2.01. The molecule has 0 saturated carbocycles. The fraction of sp³-hybridized carbons (Fsp3) is 0.611. The molecule has 0 heterocycles. The number of ether oxygens (including phenoxy) is 2. The number of halogens is 1. The van der Waals surface area contributed by atoms with Crippen LogP contribution in [0.25, 0.3) is 0 Å². The van der Waals surface area contributed by atoms with Gasteiger partial charge in [0, 0.05) is 13.1 Å². The summed E-state index contributed by atoms with van der Waals surface area (Å²) >= 11 is 0. The first-order valence-electron chi connectivity index (χ1n) is 8.21. The highest BCUT2D eigenvalue weighted by Gasteiger charge is 2.08. The molecule has 138 valence electrons. The maximum atomic E-state index is 5.89. The molecule has 5 nitrogen and oxygen atoms in total. The number of guanidine groups is 1. The van der Waals surface area contributed by atoms with Gasteiger partial charge in [0.1, 0.15) is 0 Å². The van der Waals surface area contributed by atoms with E-state index in [1.807, 2.05) is 12.1 Å². The molecule has 1 aromatic carbocycles. The zero-order chi connectivity index (χ0) is 17.2. The molecular weight excluding hydrogens is 417 g/mol. The summed E-state index contributed by atoms with van der Waals surface area (Å²) in [7, 11) is 3.29. The van der Waals surface area contributed by atoms with Crippen molar-refractivity contribution in [3.63, 3.8) is 0 Å². The number of aliphatic imine (C=N–C) groups is 1. The lowest BCUT2D eigenvalue weighted by Gasteiger charge is -2.13. The van der Waals surface area contributed by atoms with Gasteiger partial charge in [-0.3, -0.25) is 4.99 Å². The van der Waals surface area contributed by atoms with Crippen molar-refractivity contribution in [3.8, 4) is 11.5 Å². The number of nitrogens with two attached hydrogens (primary N) is 1. The van der Waals surface area contributed by atoms with Gasteiger partial charge in [-0.25, -0.2) is 0 Å². The van der Waals surface area contributed by atoms with Gasteiger partial charge < -0.3 is 20.5 Å². The number of hydrogen-bond acceptors (Lipinski definition) is 3. The van der Waals surface area contributed by atoms with Crippen LogP contribution in [0.4, 0.5) is 0 Å². The molecule has 1 aromatic rings. The predicted molar refractivity (Wildman–Crippen MR) is 112 cm³/mol. The van der Waals surface area contributed by atoms with Crippen molar-refractivity contribution in [2.24, 2.45) is 22.6 Å². The Balaban J connectivity index is 0.00000529. The van der Waals surface area contributed by atoms with Crippen molar-refractivity contribution in [1.29, 1.82) is 0 Å². The third kappa shape index (κ3) is 8.61. The van der Waals surface area contributed by atoms with Gasteiger partial charge >= 0.3 is 0 Å². The summed E-state index contributed by atoms with van der Waals surface area (Å²) in [5, 5.41) is 3.16. The van der Waals surface area contributed by atoms with Gasteiger partial charge in [0.15, 0.2) is 17.5 Å². The normalized spacial score (nSPS) is 12.5. The molecule has 1 unspecified atom stereocenters.